The molecule has 5 aromatic rings. The summed E-state index contributed by atoms with van der Waals surface area (Å²) in [6, 6.07) is 20.2. The highest BCUT2D eigenvalue weighted by atomic mass is 16.2. The Hall–Kier alpha value is -5.10. The zero-order valence-corrected chi connectivity index (χ0v) is 23.6. The van der Waals surface area contributed by atoms with Crippen molar-refractivity contribution in [2.75, 3.05) is 17.6 Å². The fraction of sp³-hybridized carbons (Fsp3) is 0.290. The highest BCUT2D eigenvalue weighted by Crippen LogP contribution is 2.32. The van der Waals surface area contributed by atoms with Crippen LogP contribution in [0.4, 0.5) is 11.5 Å². The normalized spacial score (nSPS) is 17.4. The number of benzene rings is 3. The molecule has 0 bridgehead atoms. The Morgan fingerprint density at radius 2 is 1.67 bits per heavy atom. The molecule has 1 saturated carbocycles. The van der Waals surface area contributed by atoms with E-state index in [4.69, 9.17) is 11.5 Å². The molecule has 1 atom stereocenters. The fourth-order valence-electron chi connectivity index (χ4n) is 5.77. The highest BCUT2D eigenvalue weighted by molar-refractivity contribution is 6.01. The second kappa shape index (κ2) is 12.4. The number of carbonyl (C=O) groups excluding carboxylic acids is 2. The number of rotatable bonds is 9. The molecule has 1 fully saturated rings. The van der Waals surface area contributed by atoms with Gasteiger partial charge in [0.1, 0.15) is 6.04 Å². The summed E-state index contributed by atoms with van der Waals surface area (Å²) in [5.74, 6) is 0.844. The van der Waals surface area contributed by atoms with E-state index in [1.54, 1.807) is 24.3 Å². The molecule has 2 heterocycles. The number of nitrogens with one attached hydrogen (secondary N) is 4. The number of amides is 2. The van der Waals surface area contributed by atoms with Crippen molar-refractivity contribution < 1.29 is 9.59 Å². The van der Waals surface area contributed by atoms with Crippen molar-refractivity contribution in [3.8, 4) is 22.5 Å². The number of hydrogen-bond acceptors (Lipinski definition) is 8. The van der Waals surface area contributed by atoms with E-state index in [1.807, 2.05) is 42.5 Å². The number of hydrogen-bond donors (Lipinski definition) is 6. The van der Waals surface area contributed by atoms with Gasteiger partial charge in [-0.05, 0) is 90.4 Å². The Kier molecular flexibility index (Phi) is 8.09. The molecule has 2 aromatic heterocycles. The van der Waals surface area contributed by atoms with Crippen molar-refractivity contribution in [1.29, 1.82) is 0 Å². The van der Waals surface area contributed by atoms with Gasteiger partial charge in [0.05, 0.1) is 10.9 Å². The third-order valence-electron chi connectivity index (χ3n) is 8.26. The van der Waals surface area contributed by atoms with Gasteiger partial charge in [-0.2, -0.15) is 10.3 Å². The molecule has 0 saturated heterocycles. The molecule has 2 amide bonds. The topological polar surface area (TPSA) is 193 Å². The van der Waals surface area contributed by atoms with Crippen LogP contribution in [0.15, 0.2) is 66.7 Å². The lowest BCUT2D eigenvalue weighted by Gasteiger charge is -2.28. The molecule has 8 N–H and O–H groups in total. The lowest BCUT2D eigenvalue weighted by molar-refractivity contribution is -0.130. The summed E-state index contributed by atoms with van der Waals surface area (Å²) in [5, 5.41) is 27.9. The van der Waals surface area contributed by atoms with Crippen molar-refractivity contribution in [2.24, 2.45) is 17.6 Å². The van der Waals surface area contributed by atoms with E-state index in [0.29, 0.717) is 36.2 Å². The molecule has 1 aliphatic carbocycles. The maximum Gasteiger partial charge on any atom is 0.247 e. The number of tetrazole rings is 1. The number of aromatic amines is 2. The lowest BCUT2D eigenvalue weighted by atomic mass is 9.81. The smallest absolute Gasteiger partial charge is 0.247 e. The van der Waals surface area contributed by atoms with Crippen LogP contribution in [0.3, 0.4) is 0 Å². The predicted octanol–water partition coefficient (Wildman–Crippen LogP) is 3.42. The first-order valence-electron chi connectivity index (χ1n) is 14.5. The molecular weight excluding hydrogens is 544 g/mol. The third kappa shape index (κ3) is 6.24. The number of nitrogen functional groups attached to an aromatic ring is 1. The minimum Gasteiger partial charge on any atom is -0.382 e. The predicted molar refractivity (Wildman–Crippen MR) is 164 cm³/mol. The summed E-state index contributed by atoms with van der Waals surface area (Å²) in [5.41, 5.74) is 17.0. The Labute approximate surface area is 248 Å². The monoisotopic (exact) mass is 578 g/mol. The number of H-pyrrole nitrogens is 2. The average Bonchev–Trinajstić information content (AvgIpc) is 3.72. The molecule has 0 radical (unpaired) electrons. The van der Waals surface area contributed by atoms with Gasteiger partial charge in [0.15, 0.2) is 5.82 Å². The van der Waals surface area contributed by atoms with Crippen molar-refractivity contribution in [1.82, 2.24) is 36.1 Å². The van der Waals surface area contributed by atoms with E-state index < -0.39 is 6.04 Å². The molecule has 0 aliphatic heterocycles. The van der Waals surface area contributed by atoms with Crippen LogP contribution in [0.25, 0.3) is 33.4 Å². The van der Waals surface area contributed by atoms with Crippen LogP contribution in [0.5, 0.6) is 0 Å². The number of fused-ring (bicyclic) bond motifs is 1. The SMILES string of the molecule is NCC1CCC(C(=O)N[C@@H](Cc2ccc(-c3cccc4[nH]nc(N)c34)cc2)C(=O)Nc2ccc(-c3nn[nH]n3)cc2)CC1. The van der Waals surface area contributed by atoms with E-state index in [-0.39, 0.29) is 17.7 Å². The number of carbonyl (C=O) groups is 2. The minimum absolute atomic E-state index is 0.0955. The van der Waals surface area contributed by atoms with Crippen LogP contribution in [0, 0.1) is 11.8 Å². The molecule has 43 heavy (non-hydrogen) atoms. The Morgan fingerprint density at radius 3 is 2.37 bits per heavy atom. The van der Waals surface area contributed by atoms with E-state index >= 15 is 0 Å². The molecule has 0 spiro atoms. The zero-order valence-electron chi connectivity index (χ0n) is 23.6. The molecule has 12 heteroatoms. The summed E-state index contributed by atoms with van der Waals surface area (Å²) in [6.07, 6.45) is 3.73. The molecular formula is C31H34N10O2. The van der Waals surface area contributed by atoms with Crippen molar-refractivity contribution in [3.05, 3.63) is 72.3 Å². The average molecular weight is 579 g/mol. The molecule has 3 aromatic carbocycles. The van der Waals surface area contributed by atoms with Crippen LogP contribution < -0.4 is 22.1 Å². The second-order valence-corrected chi connectivity index (χ2v) is 11.1. The Bertz CT molecular complexity index is 1690. The summed E-state index contributed by atoms with van der Waals surface area (Å²) in [7, 11) is 0. The van der Waals surface area contributed by atoms with E-state index in [1.165, 1.54) is 0 Å². The Morgan fingerprint density at radius 1 is 0.930 bits per heavy atom. The minimum atomic E-state index is -0.768. The summed E-state index contributed by atoms with van der Waals surface area (Å²) >= 11 is 0. The first-order chi connectivity index (χ1) is 21.0. The summed E-state index contributed by atoms with van der Waals surface area (Å²) in [4.78, 5) is 26.9. The quantitative estimate of drug-likeness (QED) is 0.153. The number of nitrogens with two attached hydrogens (primary N) is 2. The van der Waals surface area contributed by atoms with Crippen LogP contribution in [-0.4, -0.2) is 55.2 Å². The number of aromatic nitrogens is 6. The van der Waals surface area contributed by atoms with Gasteiger partial charge < -0.3 is 22.1 Å². The number of nitrogens with zero attached hydrogens (tertiary/aromatic N) is 4. The number of anilines is 2. The van der Waals surface area contributed by atoms with E-state index in [9.17, 15) is 9.59 Å². The largest absolute Gasteiger partial charge is 0.382 e. The maximum atomic E-state index is 13.6. The van der Waals surface area contributed by atoms with Crippen LogP contribution in [-0.2, 0) is 16.0 Å². The first kappa shape index (κ1) is 28.0. The summed E-state index contributed by atoms with van der Waals surface area (Å²) < 4.78 is 0. The molecule has 220 valence electrons. The lowest BCUT2D eigenvalue weighted by Crippen LogP contribution is -2.48. The van der Waals surface area contributed by atoms with Crippen LogP contribution in [0.2, 0.25) is 0 Å². The van der Waals surface area contributed by atoms with Gasteiger partial charge in [-0.25, -0.2) is 0 Å². The van der Waals surface area contributed by atoms with Crippen molar-refractivity contribution >= 4 is 34.2 Å². The highest BCUT2D eigenvalue weighted by Gasteiger charge is 2.29. The second-order valence-electron chi connectivity index (χ2n) is 11.1. The summed E-state index contributed by atoms with van der Waals surface area (Å²) in [6.45, 7) is 0.641. The van der Waals surface area contributed by atoms with Gasteiger partial charge in [-0.3, -0.25) is 14.7 Å². The molecule has 1 aliphatic rings. The molecule has 0 unspecified atom stereocenters. The first-order valence-corrected chi connectivity index (χ1v) is 14.5. The standard InChI is InChI=1S/C31H34N10O2/c32-17-19-6-10-22(11-7-19)30(42)35-26(31(43)34-23-14-12-21(13-15-23)29-38-40-41-39-29)16-18-4-8-20(9-5-18)24-2-1-3-25-27(24)28(33)37-36-25/h1-5,8-9,12-15,19,22,26H,6-7,10-11,16-17,32H2,(H,34,43)(H,35,42)(H3,33,36,37)(H,38,39,40,41)/t19?,22?,26-/m0/s1. The van der Waals surface area contributed by atoms with Gasteiger partial charge in [0.25, 0.3) is 0 Å². The maximum absolute atomic E-state index is 13.6. The van der Waals surface area contributed by atoms with Crippen LogP contribution in [0.1, 0.15) is 31.2 Å². The fourth-order valence-corrected chi connectivity index (χ4v) is 5.77. The molecule has 12 nitrogen and oxygen atoms in total. The van der Waals surface area contributed by atoms with Gasteiger partial charge in [0.2, 0.25) is 17.6 Å². The van der Waals surface area contributed by atoms with E-state index in [2.05, 4.69) is 41.5 Å². The van der Waals surface area contributed by atoms with Gasteiger partial charge in [-0.1, -0.05) is 36.4 Å². The Balaban J connectivity index is 1.20. The molecule has 6 rings (SSSR count). The third-order valence-corrected chi connectivity index (χ3v) is 8.26. The van der Waals surface area contributed by atoms with Gasteiger partial charge in [-0.15, -0.1) is 10.2 Å². The zero-order chi connectivity index (χ0) is 29.8. The van der Waals surface area contributed by atoms with Gasteiger partial charge in [0, 0.05) is 23.6 Å². The van der Waals surface area contributed by atoms with Gasteiger partial charge >= 0.3 is 0 Å². The van der Waals surface area contributed by atoms with Crippen LogP contribution >= 0.6 is 0 Å². The van der Waals surface area contributed by atoms with Crippen molar-refractivity contribution in [2.45, 2.75) is 38.1 Å². The van der Waals surface area contributed by atoms with E-state index in [0.717, 1.165) is 58.8 Å². The van der Waals surface area contributed by atoms with Crippen molar-refractivity contribution in [3.63, 3.8) is 0 Å².